The van der Waals surface area contributed by atoms with Gasteiger partial charge in [0.25, 0.3) is 5.56 Å². The number of likely N-dealkylation sites (tertiary alicyclic amines) is 1. The lowest BCUT2D eigenvalue weighted by atomic mass is 9.89. The number of hydrogen-bond donors (Lipinski definition) is 2. The fraction of sp³-hybridized carbons (Fsp3) is 0.684. The van der Waals surface area contributed by atoms with Crippen molar-refractivity contribution in [2.45, 2.75) is 70.2 Å². The quantitative estimate of drug-likeness (QED) is 0.853. The fourth-order valence-electron chi connectivity index (χ4n) is 4.06. The maximum atomic E-state index is 12.2. The van der Waals surface area contributed by atoms with Crippen LogP contribution >= 0.6 is 0 Å². The molecule has 3 rings (SSSR count). The number of aliphatic hydroxyl groups excluding tert-OH is 1. The molecule has 138 valence electrons. The van der Waals surface area contributed by atoms with Crippen molar-refractivity contribution in [3.63, 3.8) is 0 Å². The number of nitrogens with zero attached hydrogens (tertiary/aromatic N) is 2. The minimum atomic E-state index is -0.201. The Labute approximate surface area is 148 Å². The molecule has 2 heterocycles. The van der Waals surface area contributed by atoms with E-state index in [1.165, 1.54) is 11.0 Å². The van der Waals surface area contributed by atoms with Crippen LogP contribution in [0.25, 0.3) is 0 Å². The van der Waals surface area contributed by atoms with Gasteiger partial charge in [0.15, 0.2) is 0 Å². The number of piperidine rings is 1. The van der Waals surface area contributed by atoms with E-state index in [0.29, 0.717) is 0 Å². The number of carbonyl (C=O) groups is 1. The zero-order valence-electron chi connectivity index (χ0n) is 15.0. The highest BCUT2D eigenvalue weighted by molar-refractivity contribution is 5.76. The van der Waals surface area contributed by atoms with Crippen LogP contribution in [0.2, 0.25) is 0 Å². The van der Waals surface area contributed by atoms with Crippen LogP contribution in [0.3, 0.4) is 0 Å². The number of amides is 1. The molecule has 0 spiro atoms. The van der Waals surface area contributed by atoms with Gasteiger partial charge in [0.05, 0.1) is 6.10 Å². The van der Waals surface area contributed by atoms with E-state index in [2.05, 4.69) is 10.2 Å². The Morgan fingerprint density at radius 2 is 1.96 bits per heavy atom. The van der Waals surface area contributed by atoms with Crippen LogP contribution in [-0.2, 0) is 11.3 Å². The van der Waals surface area contributed by atoms with Crippen LogP contribution in [0.5, 0.6) is 0 Å². The molecule has 25 heavy (non-hydrogen) atoms. The molecule has 0 aromatic carbocycles. The van der Waals surface area contributed by atoms with Crippen LogP contribution in [0.1, 0.15) is 44.1 Å². The monoisotopic (exact) mass is 347 g/mol. The van der Waals surface area contributed by atoms with Gasteiger partial charge >= 0.3 is 0 Å². The van der Waals surface area contributed by atoms with Gasteiger partial charge in [-0.15, -0.1) is 0 Å². The molecule has 6 heteroatoms. The number of aromatic nitrogens is 1. The molecule has 1 aliphatic heterocycles. The predicted octanol–water partition coefficient (Wildman–Crippen LogP) is 1.04. The van der Waals surface area contributed by atoms with Gasteiger partial charge in [-0.3, -0.25) is 14.5 Å². The molecule has 0 bridgehead atoms. The summed E-state index contributed by atoms with van der Waals surface area (Å²) in [5, 5.41) is 13.3. The van der Waals surface area contributed by atoms with Crippen LogP contribution < -0.4 is 10.9 Å². The van der Waals surface area contributed by atoms with Crippen molar-refractivity contribution in [1.82, 2.24) is 14.8 Å². The third-order valence-electron chi connectivity index (χ3n) is 5.52. The van der Waals surface area contributed by atoms with Crippen molar-refractivity contribution in [2.75, 3.05) is 13.1 Å². The van der Waals surface area contributed by atoms with Gasteiger partial charge in [0, 0.05) is 37.4 Å². The molecule has 6 nitrogen and oxygen atoms in total. The van der Waals surface area contributed by atoms with Crippen LogP contribution in [0.15, 0.2) is 23.1 Å². The number of aryl methyl sites for hydroxylation is 1. The average molecular weight is 347 g/mol. The van der Waals surface area contributed by atoms with Crippen molar-refractivity contribution in [3.8, 4) is 0 Å². The zero-order chi connectivity index (χ0) is 17.8. The second-order valence-corrected chi connectivity index (χ2v) is 7.47. The zero-order valence-corrected chi connectivity index (χ0v) is 15.0. The molecule has 1 aromatic heterocycles. The predicted molar refractivity (Wildman–Crippen MR) is 96.4 cm³/mol. The molecule has 1 saturated heterocycles. The Kier molecular flexibility index (Phi) is 5.91. The Bertz CT molecular complexity index is 650. The third kappa shape index (κ3) is 4.70. The first-order chi connectivity index (χ1) is 12.0. The number of nitrogens with one attached hydrogen (secondary N) is 1. The van der Waals surface area contributed by atoms with E-state index in [0.717, 1.165) is 50.8 Å². The Morgan fingerprint density at radius 3 is 2.64 bits per heavy atom. The maximum Gasteiger partial charge on any atom is 0.251 e. The van der Waals surface area contributed by atoms with E-state index in [9.17, 15) is 14.7 Å². The molecular formula is C19H29N3O3. The van der Waals surface area contributed by atoms with Gasteiger partial charge in [0.1, 0.15) is 6.54 Å². The highest BCUT2D eigenvalue weighted by Gasteiger charge is 2.31. The van der Waals surface area contributed by atoms with E-state index in [1.54, 1.807) is 12.3 Å². The second-order valence-electron chi connectivity index (χ2n) is 7.47. The summed E-state index contributed by atoms with van der Waals surface area (Å²) in [6, 6.07) is 3.83. The number of aliphatic hydroxyl groups is 1. The lowest BCUT2D eigenvalue weighted by Crippen LogP contribution is -2.52. The van der Waals surface area contributed by atoms with E-state index < -0.39 is 0 Å². The molecule has 2 atom stereocenters. The minimum absolute atomic E-state index is 0.0701. The molecule has 2 N–H and O–H groups in total. The van der Waals surface area contributed by atoms with E-state index in [4.69, 9.17) is 0 Å². The van der Waals surface area contributed by atoms with Gasteiger partial charge in [-0.05, 0) is 44.2 Å². The largest absolute Gasteiger partial charge is 0.391 e. The normalized spacial score (nSPS) is 25.7. The molecule has 2 fully saturated rings. The van der Waals surface area contributed by atoms with Gasteiger partial charge < -0.3 is 15.0 Å². The maximum absolute atomic E-state index is 12.2. The second kappa shape index (κ2) is 8.15. The standard InChI is InChI=1S/C19H29N3O3/c1-14-6-9-22(19(25)12-14)13-18(24)20-15-7-10-21(11-8-15)16-4-2-3-5-17(16)23/h6,9,12,15-17,23H,2-5,7-8,10-11,13H2,1H3,(H,20,24). The lowest BCUT2D eigenvalue weighted by molar-refractivity contribution is -0.122. The molecule has 2 unspecified atom stereocenters. The van der Waals surface area contributed by atoms with Gasteiger partial charge in [0.2, 0.25) is 5.91 Å². The molecular weight excluding hydrogens is 318 g/mol. The van der Waals surface area contributed by atoms with Gasteiger partial charge in [-0.25, -0.2) is 0 Å². The topological polar surface area (TPSA) is 74.6 Å². The highest BCUT2D eigenvalue weighted by atomic mass is 16.3. The van der Waals surface area contributed by atoms with E-state index in [-0.39, 0.29) is 36.2 Å². The Balaban J connectivity index is 1.47. The van der Waals surface area contributed by atoms with Crippen molar-refractivity contribution in [3.05, 3.63) is 34.2 Å². The molecule has 1 saturated carbocycles. The first-order valence-electron chi connectivity index (χ1n) is 9.41. The average Bonchev–Trinajstić information content (AvgIpc) is 2.59. The summed E-state index contributed by atoms with van der Waals surface area (Å²) in [6.45, 7) is 3.76. The van der Waals surface area contributed by atoms with E-state index >= 15 is 0 Å². The first kappa shape index (κ1) is 18.1. The van der Waals surface area contributed by atoms with Gasteiger partial charge in [-0.2, -0.15) is 0 Å². The first-order valence-corrected chi connectivity index (χ1v) is 9.41. The molecule has 1 aliphatic carbocycles. The third-order valence-corrected chi connectivity index (χ3v) is 5.52. The number of pyridine rings is 1. The van der Waals surface area contributed by atoms with Crippen molar-refractivity contribution in [2.24, 2.45) is 0 Å². The Hall–Kier alpha value is -1.66. The molecule has 2 aliphatic rings. The molecule has 1 amide bonds. The smallest absolute Gasteiger partial charge is 0.251 e. The fourth-order valence-corrected chi connectivity index (χ4v) is 4.06. The SMILES string of the molecule is Cc1ccn(CC(=O)NC2CCN(C3CCCCC3O)CC2)c(=O)c1. The van der Waals surface area contributed by atoms with Gasteiger partial charge in [-0.1, -0.05) is 12.8 Å². The number of hydrogen-bond acceptors (Lipinski definition) is 4. The summed E-state index contributed by atoms with van der Waals surface area (Å²) in [5.41, 5.74) is 0.759. The highest BCUT2D eigenvalue weighted by Crippen LogP contribution is 2.25. The van der Waals surface area contributed by atoms with Crippen LogP contribution in [0, 0.1) is 6.92 Å². The van der Waals surface area contributed by atoms with Crippen LogP contribution in [0.4, 0.5) is 0 Å². The summed E-state index contributed by atoms with van der Waals surface area (Å²) in [4.78, 5) is 26.5. The van der Waals surface area contributed by atoms with Crippen molar-refractivity contribution < 1.29 is 9.90 Å². The van der Waals surface area contributed by atoms with E-state index in [1.807, 2.05) is 13.0 Å². The summed E-state index contributed by atoms with van der Waals surface area (Å²) >= 11 is 0. The summed E-state index contributed by atoms with van der Waals surface area (Å²) < 4.78 is 1.44. The van der Waals surface area contributed by atoms with Crippen molar-refractivity contribution >= 4 is 5.91 Å². The lowest BCUT2D eigenvalue weighted by Gasteiger charge is -2.41. The number of carbonyl (C=O) groups excluding carboxylic acids is 1. The minimum Gasteiger partial charge on any atom is -0.391 e. The van der Waals surface area contributed by atoms with Crippen LogP contribution in [-0.4, -0.2) is 51.8 Å². The molecule has 0 radical (unpaired) electrons. The number of rotatable bonds is 4. The summed E-state index contributed by atoms with van der Waals surface area (Å²) in [5.74, 6) is -0.109. The summed E-state index contributed by atoms with van der Waals surface area (Å²) in [7, 11) is 0. The Morgan fingerprint density at radius 1 is 1.24 bits per heavy atom. The molecule has 1 aromatic rings. The summed E-state index contributed by atoms with van der Waals surface area (Å²) in [6.07, 6.45) is 7.58. The van der Waals surface area contributed by atoms with Crippen molar-refractivity contribution in [1.29, 1.82) is 0 Å².